The molecule has 114 valence electrons. The minimum Gasteiger partial charge on any atom is -0.283 e. The third kappa shape index (κ3) is 4.10. The minimum atomic E-state index is -3.84. The van der Waals surface area contributed by atoms with Crippen LogP contribution in [-0.4, -0.2) is 22.6 Å². The Morgan fingerprint density at radius 3 is 1.75 bits per heavy atom. The van der Waals surface area contributed by atoms with E-state index >= 15 is 0 Å². The molecule has 0 aliphatic carbocycles. The van der Waals surface area contributed by atoms with Gasteiger partial charge in [-0.25, -0.2) is 16.8 Å². The highest BCUT2D eigenvalue weighted by molar-refractivity contribution is 8.13. The molecule has 0 radical (unpaired) electrons. The lowest BCUT2D eigenvalue weighted by Crippen LogP contribution is -2.17. The second kappa shape index (κ2) is 6.32. The Balaban J connectivity index is 3.52. The average molecular weight is 340 g/mol. The van der Waals surface area contributed by atoms with E-state index < -0.39 is 19.1 Å². The van der Waals surface area contributed by atoms with Gasteiger partial charge in [-0.1, -0.05) is 13.8 Å². The van der Waals surface area contributed by atoms with Crippen LogP contribution < -0.4 is 4.72 Å². The van der Waals surface area contributed by atoms with Crippen LogP contribution in [0.5, 0.6) is 0 Å². The fraction of sp³-hybridized carbons (Fsp3) is 0.500. The van der Waals surface area contributed by atoms with Crippen LogP contribution in [0.25, 0.3) is 0 Å². The van der Waals surface area contributed by atoms with E-state index in [0.29, 0.717) is 29.7 Å². The molecule has 0 atom stereocenters. The second-order valence-electron chi connectivity index (χ2n) is 4.27. The standard InChI is InChI=1S/C12H18ClNO4S2/c1-4-9-7-11(20(13,17)18)8-10(5-2)12(9)14-19(15,16)6-3/h7-8,14H,4-6H2,1-3H3. The largest absolute Gasteiger partial charge is 0.283 e. The topological polar surface area (TPSA) is 80.3 Å². The first-order chi connectivity index (χ1) is 9.14. The third-order valence-corrected chi connectivity index (χ3v) is 5.56. The van der Waals surface area contributed by atoms with Crippen molar-refractivity contribution in [2.24, 2.45) is 0 Å². The Morgan fingerprint density at radius 1 is 1.00 bits per heavy atom. The van der Waals surface area contributed by atoms with Crippen molar-refractivity contribution in [1.29, 1.82) is 0 Å². The molecule has 0 saturated heterocycles. The van der Waals surface area contributed by atoms with Crippen LogP contribution in [0.15, 0.2) is 17.0 Å². The van der Waals surface area contributed by atoms with Gasteiger partial charge in [-0.3, -0.25) is 4.72 Å². The maximum Gasteiger partial charge on any atom is 0.261 e. The predicted octanol–water partition coefficient (Wildman–Crippen LogP) is 2.50. The smallest absolute Gasteiger partial charge is 0.261 e. The molecule has 5 nitrogen and oxygen atoms in total. The van der Waals surface area contributed by atoms with E-state index in [9.17, 15) is 16.8 Å². The Labute approximate surface area is 124 Å². The van der Waals surface area contributed by atoms with Gasteiger partial charge in [0.05, 0.1) is 16.3 Å². The van der Waals surface area contributed by atoms with Crippen molar-refractivity contribution < 1.29 is 16.8 Å². The van der Waals surface area contributed by atoms with Gasteiger partial charge in [-0.05, 0) is 43.0 Å². The lowest BCUT2D eigenvalue weighted by molar-refractivity contribution is 0.602. The molecular formula is C12H18ClNO4S2. The van der Waals surface area contributed by atoms with Crippen LogP contribution in [0.1, 0.15) is 31.9 Å². The monoisotopic (exact) mass is 339 g/mol. The Morgan fingerprint density at radius 2 is 1.45 bits per heavy atom. The molecule has 8 heteroatoms. The normalized spacial score (nSPS) is 12.4. The summed E-state index contributed by atoms with van der Waals surface area (Å²) < 4.78 is 48.9. The summed E-state index contributed by atoms with van der Waals surface area (Å²) in [5.74, 6) is -0.0468. The molecule has 0 saturated carbocycles. The van der Waals surface area contributed by atoms with E-state index in [1.54, 1.807) is 0 Å². The molecule has 0 amide bonds. The number of hydrogen-bond donors (Lipinski definition) is 1. The predicted molar refractivity (Wildman–Crippen MR) is 81.3 cm³/mol. The first-order valence-electron chi connectivity index (χ1n) is 6.25. The van der Waals surface area contributed by atoms with Gasteiger partial charge in [0.15, 0.2) is 0 Å². The van der Waals surface area contributed by atoms with E-state index in [1.165, 1.54) is 19.1 Å². The molecule has 0 fully saturated rings. The van der Waals surface area contributed by atoms with E-state index in [2.05, 4.69) is 4.72 Å². The zero-order chi connectivity index (χ0) is 15.6. The molecule has 1 N–H and O–H groups in total. The molecule has 1 aromatic carbocycles. The number of rotatable bonds is 6. The van der Waals surface area contributed by atoms with E-state index in [1.807, 2.05) is 13.8 Å². The quantitative estimate of drug-likeness (QED) is 0.807. The van der Waals surface area contributed by atoms with Crippen molar-refractivity contribution >= 4 is 35.4 Å². The van der Waals surface area contributed by atoms with E-state index in [4.69, 9.17) is 10.7 Å². The zero-order valence-corrected chi connectivity index (χ0v) is 14.0. The van der Waals surface area contributed by atoms with Gasteiger partial charge in [0.25, 0.3) is 9.05 Å². The molecular weight excluding hydrogens is 322 g/mol. The van der Waals surface area contributed by atoms with Crippen LogP contribution >= 0.6 is 10.7 Å². The second-order valence-corrected chi connectivity index (χ2v) is 8.84. The summed E-state index contributed by atoms with van der Waals surface area (Å²) in [6, 6.07) is 2.82. The van der Waals surface area contributed by atoms with Crippen LogP contribution in [0.3, 0.4) is 0 Å². The van der Waals surface area contributed by atoms with Crippen LogP contribution in [0, 0.1) is 0 Å². The number of anilines is 1. The Bertz CT molecular complexity index is 671. The van der Waals surface area contributed by atoms with Crippen LogP contribution in [-0.2, 0) is 31.9 Å². The van der Waals surface area contributed by atoms with Gasteiger partial charge >= 0.3 is 0 Å². The lowest BCUT2D eigenvalue weighted by atomic mass is 10.0. The first kappa shape index (κ1) is 17.3. The summed E-state index contributed by atoms with van der Waals surface area (Å²) >= 11 is 0. The van der Waals surface area contributed by atoms with Crippen LogP contribution in [0.4, 0.5) is 5.69 Å². The minimum absolute atomic E-state index is 0.00712. The molecule has 0 aromatic heterocycles. The molecule has 0 spiro atoms. The van der Waals surface area contributed by atoms with Crippen molar-refractivity contribution in [1.82, 2.24) is 0 Å². The molecule has 0 bridgehead atoms. The summed E-state index contributed by atoms with van der Waals surface area (Å²) in [5, 5.41) is 0. The molecule has 0 heterocycles. The maximum atomic E-state index is 11.7. The Kier molecular flexibility index (Phi) is 5.46. The molecule has 0 unspecified atom stereocenters. The van der Waals surface area contributed by atoms with E-state index in [0.717, 1.165) is 0 Å². The highest BCUT2D eigenvalue weighted by Crippen LogP contribution is 2.29. The van der Waals surface area contributed by atoms with Gasteiger partial charge in [0, 0.05) is 10.7 Å². The fourth-order valence-corrected chi connectivity index (χ4v) is 3.34. The number of nitrogens with one attached hydrogen (secondary N) is 1. The highest BCUT2D eigenvalue weighted by Gasteiger charge is 2.18. The SMILES string of the molecule is CCc1cc(S(=O)(=O)Cl)cc(CC)c1NS(=O)(=O)CC. The van der Waals surface area contributed by atoms with Crippen molar-refractivity contribution in [2.75, 3.05) is 10.5 Å². The molecule has 0 aliphatic rings. The number of benzene rings is 1. The molecule has 20 heavy (non-hydrogen) atoms. The van der Waals surface area contributed by atoms with Crippen molar-refractivity contribution in [3.63, 3.8) is 0 Å². The van der Waals surface area contributed by atoms with Crippen molar-refractivity contribution in [3.05, 3.63) is 23.3 Å². The highest BCUT2D eigenvalue weighted by atomic mass is 35.7. The lowest BCUT2D eigenvalue weighted by Gasteiger charge is -2.16. The fourth-order valence-electron chi connectivity index (χ4n) is 1.79. The van der Waals surface area contributed by atoms with Gasteiger partial charge < -0.3 is 0 Å². The number of aryl methyl sites for hydroxylation is 2. The van der Waals surface area contributed by atoms with Crippen molar-refractivity contribution in [2.45, 2.75) is 38.5 Å². The zero-order valence-electron chi connectivity index (χ0n) is 11.6. The maximum absolute atomic E-state index is 11.7. The van der Waals surface area contributed by atoms with Gasteiger partial charge in [-0.15, -0.1) is 0 Å². The summed E-state index contributed by atoms with van der Waals surface area (Å²) in [6.45, 7) is 5.18. The summed E-state index contributed by atoms with van der Waals surface area (Å²) in [6.07, 6.45) is 0.990. The van der Waals surface area contributed by atoms with Crippen molar-refractivity contribution in [3.8, 4) is 0 Å². The van der Waals surface area contributed by atoms with Gasteiger partial charge in [-0.2, -0.15) is 0 Å². The summed E-state index contributed by atoms with van der Waals surface area (Å²) in [5.41, 5.74) is 1.68. The van der Waals surface area contributed by atoms with Crippen LogP contribution in [0.2, 0.25) is 0 Å². The molecule has 1 rings (SSSR count). The van der Waals surface area contributed by atoms with Gasteiger partial charge in [0.2, 0.25) is 10.0 Å². The Hall–Kier alpha value is -0.790. The number of hydrogen-bond acceptors (Lipinski definition) is 4. The van der Waals surface area contributed by atoms with E-state index in [-0.39, 0.29) is 10.6 Å². The molecule has 0 aliphatic heterocycles. The first-order valence-corrected chi connectivity index (χ1v) is 10.2. The summed E-state index contributed by atoms with van der Waals surface area (Å²) in [7, 11) is -1.89. The average Bonchev–Trinajstić information content (AvgIpc) is 2.37. The third-order valence-electron chi connectivity index (χ3n) is 2.96. The van der Waals surface area contributed by atoms with Gasteiger partial charge in [0.1, 0.15) is 0 Å². The summed E-state index contributed by atoms with van der Waals surface area (Å²) in [4.78, 5) is -0.00712. The number of sulfonamides is 1. The number of halogens is 1. The molecule has 1 aromatic rings.